The van der Waals surface area contributed by atoms with E-state index >= 15 is 0 Å². The van der Waals surface area contributed by atoms with Gasteiger partial charge >= 0.3 is 5.97 Å². The Morgan fingerprint density at radius 1 is 1.31 bits per heavy atom. The molecule has 1 saturated heterocycles. The average molecular weight is 398 g/mol. The van der Waals surface area contributed by atoms with E-state index < -0.39 is 28.9 Å². The number of hydrogen-bond acceptors (Lipinski definition) is 6. The maximum absolute atomic E-state index is 14.1. The number of amides is 1. The van der Waals surface area contributed by atoms with Crippen LogP contribution in [-0.4, -0.2) is 44.1 Å². The van der Waals surface area contributed by atoms with E-state index in [0.717, 1.165) is 16.8 Å². The van der Waals surface area contributed by atoms with Crippen LogP contribution in [0.15, 0.2) is 18.2 Å². The van der Waals surface area contributed by atoms with Crippen molar-refractivity contribution in [2.75, 3.05) is 25.3 Å². The molecule has 1 saturated carbocycles. The lowest BCUT2D eigenvalue weighted by atomic mass is 9.58. The van der Waals surface area contributed by atoms with E-state index in [1.54, 1.807) is 11.9 Å². The third-order valence-electron chi connectivity index (χ3n) is 7.62. The molecule has 2 unspecified atom stereocenters. The van der Waals surface area contributed by atoms with Crippen molar-refractivity contribution < 1.29 is 23.9 Å². The van der Waals surface area contributed by atoms with Crippen LogP contribution in [0.4, 0.5) is 5.69 Å². The number of Topliss-reactive ketones (excluding diaryl/α,β-unsaturated/α-hetero) is 1. The summed E-state index contributed by atoms with van der Waals surface area (Å²) in [5, 5.41) is 3.37. The summed E-state index contributed by atoms with van der Waals surface area (Å²) in [4.78, 5) is 41.0. The Labute approximate surface area is 169 Å². The molecule has 5 atom stereocenters. The van der Waals surface area contributed by atoms with Crippen molar-refractivity contribution in [3.8, 4) is 0 Å². The highest BCUT2D eigenvalue weighted by molar-refractivity contribution is 6.08. The Bertz CT molecular complexity index is 941. The maximum Gasteiger partial charge on any atom is 0.302 e. The quantitative estimate of drug-likeness (QED) is 0.725. The van der Waals surface area contributed by atoms with Crippen molar-refractivity contribution in [1.29, 1.82) is 0 Å². The second kappa shape index (κ2) is 5.89. The molecule has 154 valence electrons. The first-order valence-corrected chi connectivity index (χ1v) is 10.2. The highest BCUT2D eigenvalue weighted by Gasteiger charge is 2.67. The fourth-order valence-electron chi connectivity index (χ4n) is 6.27. The molecule has 4 aliphatic rings. The molecule has 0 aromatic heterocycles. The van der Waals surface area contributed by atoms with E-state index in [4.69, 9.17) is 9.47 Å². The topological polar surface area (TPSA) is 84.9 Å². The predicted octanol–water partition coefficient (Wildman–Crippen LogP) is 1.70. The van der Waals surface area contributed by atoms with Gasteiger partial charge in [-0.3, -0.25) is 19.7 Å². The molecular weight excluding hydrogens is 372 g/mol. The van der Waals surface area contributed by atoms with E-state index in [1.165, 1.54) is 6.92 Å². The summed E-state index contributed by atoms with van der Waals surface area (Å²) >= 11 is 0. The van der Waals surface area contributed by atoms with Crippen LogP contribution in [0.5, 0.6) is 0 Å². The summed E-state index contributed by atoms with van der Waals surface area (Å²) in [6.07, 6.45) is -0.0514. The predicted molar refractivity (Wildman–Crippen MR) is 104 cm³/mol. The van der Waals surface area contributed by atoms with Crippen LogP contribution < -0.4 is 10.2 Å². The van der Waals surface area contributed by atoms with Gasteiger partial charge in [0.15, 0.2) is 5.78 Å². The summed E-state index contributed by atoms with van der Waals surface area (Å²) in [6.45, 7) is 5.95. The molecule has 29 heavy (non-hydrogen) atoms. The van der Waals surface area contributed by atoms with E-state index in [-0.39, 0.29) is 30.3 Å². The summed E-state index contributed by atoms with van der Waals surface area (Å²) < 4.78 is 11.4. The van der Waals surface area contributed by atoms with Gasteiger partial charge in [-0.2, -0.15) is 0 Å². The van der Waals surface area contributed by atoms with Gasteiger partial charge in [-0.1, -0.05) is 26.0 Å². The zero-order valence-electron chi connectivity index (χ0n) is 17.2. The number of fused-ring (bicyclic) bond motifs is 1. The first-order valence-electron chi connectivity index (χ1n) is 10.2. The number of ketones is 1. The largest absolute Gasteiger partial charge is 0.462 e. The fourth-order valence-corrected chi connectivity index (χ4v) is 6.27. The molecule has 1 amide bonds. The van der Waals surface area contributed by atoms with Gasteiger partial charge in [-0.25, -0.2) is 0 Å². The highest BCUT2D eigenvalue weighted by atomic mass is 16.5. The van der Waals surface area contributed by atoms with E-state index in [2.05, 4.69) is 5.32 Å². The number of benzene rings is 1. The van der Waals surface area contributed by atoms with Gasteiger partial charge in [0, 0.05) is 31.5 Å². The number of nitrogens with one attached hydrogen (secondary N) is 1. The number of rotatable bonds is 1. The Balaban J connectivity index is 1.83. The number of anilines is 1. The summed E-state index contributed by atoms with van der Waals surface area (Å²) in [7, 11) is 1.80. The Hall–Kier alpha value is -2.25. The number of likely N-dealkylation sites (N-methyl/N-ethyl adjacent to an activating group) is 1. The third-order valence-corrected chi connectivity index (χ3v) is 7.62. The summed E-state index contributed by atoms with van der Waals surface area (Å²) in [5.41, 5.74) is 0.990. The first-order chi connectivity index (χ1) is 13.7. The number of carbonyl (C=O) groups is 3. The Morgan fingerprint density at radius 3 is 2.79 bits per heavy atom. The molecule has 0 radical (unpaired) electrons. The summed E-state index contributed by atoms with van der Waals surface area (Å²) in [5.74, 6) is -1.44. The van der Waals surface area contributed by atoms with Gasteiger partial charge in [0.2, 0.25) is 5.91 Å². The van der Waals surface area contributed by atoms with Crippen molar-refractivity contribution in [2.24, 2.45) is 17.3 Å². The molecule has 1 N–H and O–H groups in total. The second-order valence-electron chi connectivity index (χ2n) is 9.30. The van der Waals surface area contributed by atoms with Crippen molar-refractivity contribution in [2.45, 2.75) is 44.8 Å². The standard InChI is InChI=1S/C22H26N2O5/c1-11(25)29-16-8-13-19(26)22(14(16)9-28-10-23-22)12-6-5-7-15-17(12)18(21(13,2)3)20(27)24(15)4/h5-7,13-14,16,18,23H,8-10H2,1-4H3/t13-,14+,16?,18?,22+/m1/s1. The molecule has 7 nitrogen and oxygen atoms in total. The third kappa shape index (κ3) is 2.17. The Morgan fingerprint density at radius 2 is 2.07 bits per heavy atom. The van der Waals surface area contributed by atoms with Gasteiger partial charge in [0.1, 0.15) is 11.6 Å². The van der Waals surface area contributed by atoms with Crippen LogP contribution in [0.25, 0.3) is 0 Å². The minimum atomic E-state index is -1.02. The fraction of sp³-hybridized carbons (Fsp3) is 0.591. The van der Waals surface area contributed by atoms with Crippen LogP contribution in [0.1, 0.15) is 44.2 Å². The molecule has 1 spiro atoms. The van der Waals surface area contributed by atoms with Gasteiger partial charge in [0.05, 0.1) is 19.3 Å². The zero-order chi connectivity index (χ0) is 20.7. The number of nitrogens with zero attached hydrogens (tertiary/aromatic N) is 1. The first kappa shape index (κ1) is 18.8. The molecule has 5 rings (SSSR count). The molecule has 2 heterocycles. The van der Waals surface area contributed by atoms with Crippen LogP contribution in [0.2, 0.25) is 0 Å². The highest BCUT2D eigenvalue weighted by Crippen LogP contribution is 2.61. The van der Waals surface area contributed by atoms with Crippen molar-refractivity contribution >= 4 is 23.3 Å². The van der Waals surface area contributed by atoms with Gasteiger partial charge < -0.3 is 14.4 Å². The number of ether oxygens (including phenoxy) is 2. The lowest BCUT2D eigenvalue weighted by Crippen LogP contribution is -2.68. The van der Waals surface area contributed by atoms with Crippen LogP contribution in [0, 0.1) is 17.3 Å². The zero-order valence-corrected chi connectivity index (χ0v) is 17.2. The van der Waals surface area contributed by atoms with Gasteiger partial charge in [-0.15, -0.1) is 0 Å². The lowest BCUT2D eigenvalue weighted by molar-refractivity contribution is -0.179. The van der Waals surface area contributed by atoms with Crippen LogP contribution in [-0.2, 0) is 29.4 Å². The van der Waals surface area contributed by atoms with Gasteiger partial charge in [-0.05, 0) is 29.0 Å². The molecule has 1 aromatic carbocycles. The molecular formula is C22H26N2O5. The molecule has 1 aromatic rings. The van der Waals surface area contributed by atoms with Crippen molar-refractivity contribution in [1.82, 2.24) is 5.32 Å². The number of carbonyl (C=O) groups excluding carboxylic acids is 3. The molecule has 2 fully saturated rings. The smallest absolute Gasteiger partial charge is 0.302 e. The Kier molecular flexibility index (Phi) is 3.81. The van der Waals surface area contributed by atoms with Crippen LogP contribution >= 0.6 is 0 Å². The second-order valence-corrected chi connectivity index (χ2v) is 9.30. The van der Waals surface area contributed by atoms with Crippen molar-refractivity contribution in [3.63, 3.8) is 0 Å². The SMILES string of the molecule is CC(=O)OC1C[C@@H]2C(=O)[C@]3(NCOC[C@@H]13)c1cccc3c1C(C(=O)N3C)C2(C)C. The molecule has 7 heteroatoms. The van der Waals surface area contributed by atoms with Crippen molar-refractivity contribution in [3.05, 3.63) is 29.3 Å². The van der Waals surface area contributed by atoms with Crippen LogP contribution in [0.3, 0.4) is 0 Å². The van der Waals surface area contributed by atoms with E-state index in [1.807, 2.05) is 32.0 Å². The van der Waals surface area contributed by atoms with E-state index in [0.29, 0.717) is 13.0 Å². The molecule has 2 aliphatic heterocycles. The summed E-state index contributed by atoms with van der Waals surface area (Å²) in [6, 6.07) is 5.80. The van der Waals surface area contributed by atoms with Gasteiger partial charge in [0.25, 0.3) is 0 Å². The monoisotopic (exact) mass is 398 g/mol. The number of hydrogen-bond donors (Lipinski definition) is 1. The molecule has 2 bridgehead atoms. The van der Waals surface area contributed by atoms with E-state index in [9.17, 15) is 14.4 Å². The maximum atomic E-state index is 14.1. The number of esters is 1. The lowest BCUT2D eigenvalue weighted by Gasteiger charge is -2.53. The molecule has 2 aliphatic carbocycles. The average Bonchev–Trinajstić information content (AvgIpc) is 2.93. The minimum absolute atomic E-state index is 0.0156. The minimum Gasteiger partial charge on any atom is -0.462 e. The normalized spacial score (nSPS) is 36.9.